The van der Waals surface area contributed by atoms with Crippen molar-refractivity contribution in [2.24, 2.45) is 0 Å². The van der Waals surface area contributed by atoms with E-state index in [-0.39, 0.29) is 11.9 Å². The Bertz CT molecular complexity index is 534. The number of amides is 1. The monoisotopic (exact) mass is 220 g/mol. The molecule has 0 bridgehead atoms. The second-order valence-corrected chi connectivity index (χ2v) is 3.37. The van der Waals surface area contributed by atoms with Gasteiger partial charge < -0.3 is 15.6 Å². The van der Waals surface area contributed by atoms with Crippen molar-refractivity contribution in [1.29, 1.82) is 0 Å². The lowest BCUT2D eigenvalue weighted by Crippen LogP contribution is -2.27. The van der Waals surface area contributed by atoms with E-state index in [1.165, 1.54) is 12.7 Å². The predicted molar refractivity (Wildman–Crippen MR) is 58.5 cm³/mol. The number of carbonyl (C=O) groups excluding carboxylic acids is 1. The molecule has 1 unspecified atom stereocenters. The molecule has 0 aromatic carbocycles. The summed E-state index contributed by atoms with van der Waals surface area (Å²) in [5, 5.41) is 2.57. The molecule has 2 aromatic heterocycles. The number of imidazole rings is 1. The molecular formula is C9H12N6O. The molecular weight excluding hydrogens is 208 g/mol. The number of rotatable bonds is 2. The number of aromatic nitrogens is 4. The molecule has 7 heteroatoms. The first-order valence-corrected chi connectivity index (χ1v) is 4.79. The maximum Gasteiger partial charge on any atom is 0.242 e. The van der Waals surface area contributed by atoms with Gasteiger partial charge in [-0.05, 0) is 6.92 Å². The lowest BCUT2D eigenvalue weighted by atomic mass is 10.3. The number of nitrogens with one attached hydrogen (secondary N) is 1. The van der Waals surface area contributed by atoms with Crippen molar-refractivity contribution >= 4 is 22.9 Å². The summed E-state index contributed by atoms with van der Waals surface area (Å²) in [5.74, 6) is 0.198. The van der Waals surface area contributed by atoms with Crippen molar-refractivity contribution in [3.05, 3.63) is 12.7 Å². The minimum Gasteiger partial charge on any atom is -0.382 e. The summed E-state index contributed by atoms with van der Waals surface area (Å²) in [5.41, 5.74) is 6.72. The van der Waals surface area contributed by atoms with E-state index in [4.69, 9.17) is 5.73 Å². The normalized spacial score (nSPS) is 12.6. The molecule has 2 aromatic rings. The highest BCUT2D eigenvalue weighted by Crippen LogP contribution is 2.18. The second-order valence-electron chi connectivity index (χ2n) is 3.37. The van der Waals surface area contributed by atoms with E-state index in [2.05, 4.69) is 20.3 Å². The summed E-state index contributed by atoms with van der Waals surface area (Å²) < 4.78 is 1.66. The molecule has 16 heavy (non-hydrogen) atoms. The summed E-state index contributed by atoms with van der Waals surface area (Å²) in [6.45, 7) is 1.76. The molecule has 0 aliphatic carbocycles. The van der Waals surface area contributed by atoms with Crippen LogP contribution in [0.3, 0.4) is 0 Å². The molecule has 2 rings (SSSR count). The molecule has 1 atom stereocenters. The summed E-state index contributed by atoms with van der Waals surface area (Å²) in [6, 6.07) is -0.385. The van der Waals surface area contributed by atoms with Crippen LogP contribution in [0.2, 0.25) is 0 Å². The van der Waals surface area contributed by atoms with E-state index in [0.717, 1.165) is 0 Å². The minimum absolute atomic E-state index is 0.114. The van der Waals surface area contributed by atoms with Gasteiger partial charge in [-0.3, -0.25) is 4.79 Å². The largest absolute Gasteiger partial charge is 0.382 e. The van der Waals surface area contributed by atoms with Crippen LogP contribution in [-0.2, 0) is 4.79 Å². The third-order valence-corrected chi connectivity index (χ3v) is 2.43. The number of anilines is 1. The smallest absolute Gasteiger partial charge is 0.242 e. The molecule has 0 spiro atoms. The number of hydrogen-bond donors (Lipinski definition) is 2. The molecule has 0 radical (unpaired) electrons. The van der Waals surface area contributed by atoms with Crippen molar-refractivity contribution < 1.29 is 4.79 Å². The molecule has 0 saturated heterocycles. The average Bonchev–Trinajstić information content (AvgIpc) is 2.72. The van der Waals surface area contributed by atoms with Crippen LogP contribution in [0.1, 0.15) is 13.0 Å². The summed E-state index contributed by atoms with van der Waals surface area (Å²) in [4.78, 5) is 23.5. The summed E-state index contributed by atoms with van der Waals surface area (Å²) in [7, 11) is 1.58. The summed E-state index contributed by atoms with van der Waals surface area (Å²) in [6.07, 6.45) is 2.89. The fourth-order valence-corrected chi connectivity index (χ4v) is 1.49. The molecule has 3 N–H and O–H groups in total. The zero-order valence-electron chi connectivity index (χ0n) is 9.01. The first-order chi connectivity index (χ1) is 7.65. The Labute approximate surface area is 91.7 Å². The topological polar surface area (TPSA) is 98.7 Å². The lowest BCUT2D eigenvalue weighted by molar-refractivity contribution is -0.123. The van der Waals surface area contributed by atoms with Gasteiger partial charge in [0.2, 0.25) is 5.91 Å². The van der Waals surface area contributed by atoms with E-state index < -0.39 is 0 Å². The standard InChI is InChI=1S/C9H12N6O/c1-5(9(16)11-2)15-4-14-6-7(10)12-3-13-8(6)15/h3-5H,1-2H3,(H,11,16)(H2,10,12,13). The Kier molecular flexibility index (Phi) is 2.43. The minimum atomic E-state index is -0.385. The number of fused-ring (bicyclic) bond motifs is 1. The Hall–Kier alpha value is -2.18. The first kappa shape index (κ1) is 10.3. The zero-order chi connectivity index (χ0) is 11.7. The van der Waals surface area contributed by atoms with Gasteiger partial charge in [0, 0.05) is 7.05 Å². The van der Waals surface area contributed by atoms with Gasteiger partial charge in [0.1, 0.15) is 17.9 Å². The number of nitrogen functional groups attached to an aromatic ring is 1. The van der Waals surface area contributed by atoms with Gasteiger partial charge in [-0.2, -0.15) is 0 Å². The van der Waals surface area contributed by atoms with Crippen LogP contribution in [0.4, 0.5) is 5.82 Å². The number of carbonyl (C=O) groups is 1. The fourth-order valence-electron chi connectivity index (χ4n) is 1.49. The Morgan fingerprint density at radius 1 is 1.50 bits per heavy atom. The van der Waals surface area contributed by atoms with E-state index in [1.807, 2.05) is 0 Å². The highest BCUT2D eigenvalue weighted by molar-refractivity contribution is 5.85. The van der Waals surface area contributed by atoms with Crippen molar-refractivity contribution in [3.8, 4) is 0 Å². The zero-order valence-corrected chi connectivity index (χ0v) is 9.01. The second kappa shape index (κ2) is 3.76. The maximum atomic E-state index is 11.5. The van der Waals surface area contributed by atoms with Crippen molar-refractivity contribution in [2.45, 2.75) is 13.0 Å². The molecule has 0 aliphatic heterocycles. The van der Waals surface area contributed by atoms with Crippen molar-refractivity contribution in [1.82, 2.24) is 24.8 Å². The fraction of sp³-hybridized carbons (Fsp3) is 0.333. The van der Waals surface area contributed by atoms with E-state index in [1.54, 1.807) is 18.5 Å². The van der Waals surface area contributed by atoms with Gasteiger partial charge in [0.15, 0.2) is 11.5 Å². The molecule has 0 saturated carbocycles. The lowest BCUT2D eigenvalue weighted by Gasteiger charge is -2.11. The van der Waals surface area contributed by atoms with Gasteiger partial charge in [-0.1, -0.05) is 0 Å². The van der Waals surface area contributed by atoms with Crippen molar-refractivity contribution in [2.75, 3.05) is 12.8 Å². The van der Waals surface area contributed by atoms with Crippen LogP contribution < -0.4 is 11.1 Å². The number of nitrogens with zero attached hydrogens (tertiary/aromatic N) is 4. The van der Waals surface area contributed by atoms with Crippen LogP contribution in [0.25, 0.3) is 11.2 Å². The van der Waals surface area contributed by atoms with Gasteiger partial charge in [-0.25, -0.2) is 15.0 Å². The quantitative estimate of drug-likeness (QED) is 0.725. The van der Waals surface area contributed by atoms with E-state index in [9.17, 15) is 4.79 Å². The molecule has 0 aliphatic rings. The third-order valence-electron chi connectivity index (χ3n) is 2.43. The Morgan fingerprint density at radius 2 is 2.25 bits per heavy atom. The predicted octanol–water partition coefficient (Wildman–Crippen LogP) is -0.285. The number of likely N-dealkylation sites (N-methyl/N-ethyl adjacent to an activating group) is 1. The van der Waals surface area contributed by atoms with Crippen LogP contribution in [0.15, 0.2) is 12.7 Å². The van der Waals surface area contributed by atoms with Gasteiger partial charge in [0.25, 0.3) is 0 Å². The highest BCUT2D eigenvalue weighted by Gasteiger charge is 2.17. The molecule has 7 nitrogen and oxygen atoms in total. The third kappa shape index (κ3) is 1.46. The van der Waals surface area contributed by atoms with Gasteiger partial charge >= 0.3 is 0 Å². The maximum absolute atomic E-state index is 11.5. The molecule has 1 amide bonds. The van der Waals surface area contributed by atoms with Crippen LogP contribution in [-0.4, -0.2) is 32.5 Å². The van der Waals surface area contributed by atoms with E-state index in [0.29, 0.717) is 17.0 Å². The summed E-state index contributed by atoms with van der Waals surface area (Å²) >= 11 is 0. The Morgan fingerprint density at radius 3 is 2.94 bits per heavy atom. The highest BCUT2D eigenvalue weighted by atomic mass is 16.2. The van der Waals surface area contributed by atoms with Gasteiger partial charge in [0.05, 0.1) is 6.33 Å². The first-order valence-electron chi connectivity index (χ1n) is 4.79. The van der Waals surface area contributed by atoms with Crippen LogP contribution in [0, 0.1) is 0 Å². The molecule has 84 valence electrons. The van der Waals surface area contributed by atoms with Crippen LogP contribution >= 0.6 is 0 Å². The van der Waals surface area contributed by atoms with E-state index >= 15 is 0 Å². The number of nitrogens with two attached hydrogens (primary N) is 1. The Balaban J connectivity index is 2.54. The molecule has 0 fully saturated rings. The van der Waals surface area contributed by atoms with Crippen molar-refractivity contribution in [3.63, 3.8) is 0 Å². The average molecular weight is 220 g/mol. The van der Waals surface area contributed by atoms with Gasteiger partial charge in [-0.15, -0.1) is 0 Å². The number of hydrogen-bond acceptors (Lipinski definition) is 5. The molecule has 2 heterocycles. The van der Waals surface area contributed by atoms with Crippen LogP contribution in [0.5, 0.6) is 0 Å². The SMILES string of the molecule is CNC(=O)C(C)n1cnc2c(N)ncnc21.